The number of aliphatic hydroxyl groups excluding tert-OH is 1. The molecule has 3 amide bonds. The van der Waals surface area contributed by atoms with Crippen molar-refractivity contribution in [3.8, 4) is 0 Å². The molecular formula is C18H25N3O4. The van der Waals surface area contributed by atoms with E-state index in [9.17, 15) is 14.7 Å². The second kappa shape index (κ2) is 7.01. The number of anilines is 1. The van der Waals surface area contributed by atoms with Gasteiger partial charge in [0.1, 0.15) is 6.61 Å². The Morgan fingerprint density at radius 1 is 1.36 bits per heavy atom. The van der Waals surface area contributed by atoms with E-state index in [1.807, 2.05) is 38.1 Å². The van der Waals surface area contributed by atoms with Gasteiger partial charge in [0.05, 0.1) is 18.7 Å². The maximum absolute atomic E-state index is 12.6. The molecule has 0 aliphatic carbocycles. The predicted octanol–water partition coefficient (Wildman–Crippen LogP) is 0.926. The van der Waals surface area contributed by atoms with Crippen molar-refractivity contribution in [3.05, 3.63) is 29.8 Å². The fourth-order valence-electron chi connectivity index (χ4n) is 3.95. The van der Waals surface area contributed by atoms with Crippen molar-refractivity contribution in [2.24, 2.45) is 0 Å². The first-order valence-corrected chi connectivity index (χ1v) is 8.57. The van der Waals surface area contributed by atoms with Crippen LogP contribution in [-0.4, -0.2) is 66.9 Å². The minimum absolute atomic E-state index is 0.0233. The van der Waals surface area contributed by atoms with Crippen molar-refractivity contribution in [2.45, 2.75) is 37.9 Å². The second-order valence-electron chi connectivity index (χ2n) is 6.85. The number of hydrogen-bond acceptors (Lipinski definition) is 4. The van der Waals surface area contributed by atoms with Crippen molar-refractivity contribution >= 4 is 17.6 Å². The summed E-state index contributed by atoms with van der Waals surface area (Å²) in [6.45, 7) is 4.10. The Labute approximate surface area is 147 Å². The summed E-state index contributed by atoms with van der Waals surface area (Å²) in [7, 11) is 1.47. The number of fused-ring (bicyclic) bond motifs is 3. The molecule has 0 bridgehead atoms. The van der Waals surface area contributed by atoms with Gasteiger partial charge in [-0.25, -0.2) is 4.79 Å². The van der Waals surface area contributed by atoms with Crippen LogP contribution in [0.25, 0.3) is 0 Å². The molecule has 136 valence electrons. The number of amides is 3. The zero-order chi connectivity index (χ0) is 18.1. The number of hydrogen-bond donors (Lipinski definition) is 2. The molecular weight excluding hydrogens is 322 g/mol. The lowest BCUT2D eigenvalue weighted by molar-refractivity contribution is -0.154. The third-order valence-corrected chi connectivity index (χ3v) is 4.90. The van der Waals surface area contributed by atoms with Crippen molar-refractivity contribution in [2.75, 3.05) is 31.8 Å². The largest absolute Gasteiger partial charge is 0.394 e. The molecule has 1 fully saturated rings. The fraction of sp³-hybridized carbons (Fsp3) is 0.556. The summed E-state index contributed by atoms with van der Waals surface area (Å²) in [4.78, 5) is 28.4. The highest BCUT2D eigenvalue weighted by Crippen LogP contribution is 2.48. The maximum Gasteiger partial charge on any atom is 0.322 e. The van der Waals surface area contributed by atoms with Gasteiger partial charge in [-0.15, -0.1) is 0 Å². The Hall–Kier alpha value is -2.12. The van der Waals surface area contributed by atoms with Gasteiger partial charge in [0.25, 0.3) is 0 Å². The lowest BCUT2D eigenvalue weighted by atomic mass is 9.72. The molecule has 0 radical (unpaired) electrons. The van der Waals surface area contributed by atoms with E-state index in [4.69, 9.17) is 4.74 Å². The Kier molecular flexibility index (Phi) is 4.96. The lowest BCUT2D eigenvalue weighted by Crippen LogP contribution is -2.71. The van der Waals surface area contributed by atoms with Gasteiger partial charge in [-0.3, -0.25) is 9.69 Å². The van der Waals surface area contributed by atoms with Gasteiger partial charge in [0.15, 0.2) is 0 Å². The van der Waals surface area contributed by atoms with Gasteiger partial charge in [0, 0.05) is 31.3 Å². The standard InChI is InChI=1S/C18H25N3O4/c1-11(2)19-18(24)20-8-14-17(12-6-4-5-7-13(12)20)15(9-22)21(14)16(23)10-25-3/h4-7,11,14-15,17,22H,8-10H2,1-3H3,(H,19,24)/t14-,15+,17+/m1/s1. The molecule has 2 aliphatic heterocycles. The average molecular weight is 347 g/mol. The van der Waals surface area contributed by atoms with Crippen molar-refractivity contribution in [1.29, 1.82) is 0 Å². The number of para-hydroxylation sites is 1. The maximum atomic E-state index is 12.6. The van der Waals surface area contributed by atoms with Crippen LogP contribution in [0.1, 0.15) is 25.3 Å². The smallest absolute Gasteiger partial charge is 0.322 e. The van der Waals surface area contributed by atoms with Gasteiger partial charge >= 0.3 is 6.03 Å². The summed E-state index contributed by atoms with van der Waals surface area (Å²) >= 11 is 0. The third-order valence-electron chi connectivity index (χ3n) is 4.90. The molecule has 1 saturated heterocycles. The highest BCUT2D eigenvalue weighted by Gasteiger charge is 2.55. The number of benzene rings is 1. The average Bonchev–Trinajstić information content (AvgIpc) is 2.54. The van der Waals surface area contributed by atoms with E-state index in [1.165, 1.54) is 7.11 Å². The summed E-state index contributed by atoms with van der Waals surface area (Å²) < 4.78 is 4.96. The number of methoxy groups -OCH3 is 1. The fourth-order valence-corrected chi connectivity index (χ4v) is 3.95. The molecule has 2 N–H and O–H groups in total. The SMILES string of the molecule is COCC(=O)N1[C@@H]2CN(C(=O)NC(C)C)c3ccccc3[C@@H]2[C@@H]1CO. The molecule has 25 heavy (non-hydrogen) atoms. The number of nitrogens with zero attached hydrogens (tertiary/aromatic N) is 2. The number of aliphatic hydroxyl groups is 1. The molecule has 1 aromatic rings. The number of ether oxygens (including phenoxy) is 1. The molecule has 0 saturated carbocycles. The number of carbonyl (C=O) groups is 2. The molecule has 7 heteroatoms. The third kappa shape index (κ3) is 2.98. The van der Waals surface area contributed by atoms with E-state index in [1.54, 1.807) is 9.80 Å². The van der Waals surface area contributed by atoms with Crippen LogP contribution >= 0.6 is 0 Å². The number of likely N-dealkylation sites (tertiary alicyclic amines) is 1. The van der Waals surface area contributed by atoms with Gasteiger partial charge in [0.2, 0.25) is 5.91 Å². The summed E-state index contributed by atoms with van der Waals surface area (Å²) in [5.74, 6) is -0.128. The molecule has 0 spiro atoms. The van der Waals surface area contributed by atoms with Gasteiger partial charge in [-0.05, 0) is 25.5 Å². The van der Waals surface area contributed by atoms with Crippen LogP contribution < -0.4 is 10.2 Å². The molecule has 7 nitrogen and oxygen atoms in total. The van der Waals surface area contributed by atoms with E-state index in [0.717, 1.165) is 11.3 Å². The minimum atomic E-state index is -0.274. The predicted molar refractivity (Wildman–Crippen MR) is 93.6 cm³/mol. The topological polar surface area (TPSA) is 82.1 Å². The highest BCUT2D eigenvalue weighted by molar-refractivity contribution is 5.94. The first-order chi connectivity index (χ1) is 12.0. The summed E-state index contributed by atoms with van der Waals surface area (Å²) in [5.41, 5.74) is 1.84. The summed E-state index contributed by atoms with van der Waals surface area (Å²) in [5, 5.41) is 12.7. The first-order valence-electron chi connectivity index (χ1n) is 8.57. The van der Waals surface area contributed by atoms with Crippen LogP contribution in [-0.2, 0) is 9.53 Å². The van der Waals surface area contributed by atoms with Gasteiger partial charge < -0.3 is 20.1 Å². The summed E-state index contributed by atoms with van der Waals surface area (Å²) in [6.07, 6.45) is 0. The number of nitrogens with one attached hydrogen (secondary N) is 1. The summed E-state index contributed by atoms with van der Waals surface area (Å²) in [6, 6.07) is 7.14. The number of carbonyl (C=O) groups excluding carboxylic acids is 2. The van der Waals surface area contributed by atoms with E-state index < -0.39 is 0 Å². The van der Waals surface area contributed by atoms with Crippen LogP contribution in [0.15, 0.2) is 24.3 Å². The Bertz CT molecular complexity index is 663. The normalized spacial score (nSPS) is 24.4. The molecule has 1 aromatic carbocycles. The Morgan fingerprint density at radius 3 is 2.72 bits per heavy atom. The van der Waals surface area contributed by atoms with E-state index >= 15 is 0 Å². The number of rotatable bonds is 4. The van der Waals surface area contributed by atoms with Crippen molar-refractivity contribution in [1.82, 2.24) is 10.2 Å². The molecule has 3 atom stereocenters. The lowest BCUT2D eigenvalue weighted by Gasteiger charge is -2.58. The molecule has 0 unspecified atom stereocenters. The zero-order valence-electron chi connectivity index (χ0n) is 14.8. The Balaban J connectivity index is 1.94. The van der Waals surface area contributed by atoms with Gasteiger partial charge in [-0.1, -0.05) is 18.2 Å². The van der Waals surface area contributed by atoms with E-state index in [2.05, 4.69) is 5.32 Å². The molecule has 3 rings (SSSR count). The number of urea groups is 1. The Morgan fingerprint density at radius 2 is 2.08 bits per heavy atom. The van der Waals surface area contributed by atoms with Crippen LogP contribution in [0.2, 0.25) is 0 Å². The van der Waals surface area contributed by atoms with Crippen molar-refractivity contribution < 1.29 is 19.4 Å². The molecule has 0 aromatic heterocycles. The van der Waals surface area contributed by atoms with E-state index in [-0.39, 0.29) is 49.2 Å². The van der Waals surface area contributed by atoms with Crippen LogP contribution in [0.4, 0.5) is 10.5 Å². The van der Waals surface area contributed by atoms with Crippen LogP contribution in [0.3, 0.4) is 0 Å². The quantitative estimate of drug-likeness (QED) is 0.849. The van der Waals surface area contributed by atoms with Crippen LogP contribution in [0.5, 0.6) is 0 Å². The minimum Gasteiger partial charge on any atom is -0.394 e. The highest BCUT2D eigenvalue weighted by atomic mass is 16.5. The van der Waals surface area contributed by atoms with Crippen molar-refractivity contribution in [3.63, 3.8) is 0 Å². The molecule has 2 heterocycles. The monoisotopic (exact) mass is 347 g/mol. The van der Waals surface area contributed by atoms with Crippen LogP contribution in [0, 0.1) is 0 Å². The second-order valence-corrected chi connectivity index (χ2v) is 6.85. The molecule has 2 aliphatic rings. The zero-order valence-corrected chi connectivity index (χ0v) is 14.8. The van der Waals surface area contributed by atoms with E-state index in [0.29, 0.717) is 6.54 Å². The first kappa shape index (κ1) is 17.7. The van der Waals surface area contributed by atoms with Gasteiger partial charge in [-0.2, -0.15) is 0 Å².